The Labute approximate surface area is 162 Å². The summed E-state index contributed by atoms with van der Waals surface area (Å²) in [5.41, 5.74) is 0.555. The number of likely N-dealkylation sites (tertiary alicyclic amines) is 1. The van der Waals surface area contributed by atoms with Crippen molar-refractivity contribution in [3.63, 3.8) is 0 Å². The normalized spacial score (nSPS) is 17.1. The van der Waals surface area contributed by atoms with Gasteiger partial charge in [0.15, 0.2) is 0 Å². The average molecular weight is 392 g/mol. The Balaban J connectivity index is 1.74. The molecule has 1 atom stereocenters. The minimum atomic E-state index is -0.0455. The summed E-state index contributed by atoms with van der Waals surface area (Å²) in [4.78, 5) is 33.3. The molecule has 3 rings (SSSR count). The van der Waals surface area contributed by atoms with Gasteiger partial charge in [-0.15, -0.1) is 22.7 Å². The lowest BCUT2D eigenvalue weighted by Gasteiger charge is -2.23. The Morgan fingerprint density at radius 3 is 2.92 bits per heavy atom. The Bertz CT molecular complexity index is 781. The van der Waals surface area contributed by atoms with Gasteiger partial charge in [0.25, 0.3) is 11.8 Å². The molecule has 1 saturated heterocycles. The third-order valence-electron chi connectivity index (χ3n) is 4.35. The first-order valence-corrected chi connectivity index (χ1v) is 10.8. The van der Waals surface area contributed by atoms with Crippen molar-refractivity contribution in [2.45, 2.75) is 58.5 Å². The second-order valence-corrected chi connectivity index (χ2v) is 8.92. The largest absolute Gasteiger partial charge is 0.349 e. The average Bonchev–Trinajstić information content (AvgIpc) is 3.33. The topological polar surface area (TPSA) is 62.3 Å². The lowest BCUT2D eigenvalue weighted by Crippen LogP contribution is -2.30. The van der Waals surface area contributed by atoms with Crippen LogP contribution in [0.4, 0.5) is 0 Å². The maximum absolute atomic E-state index is 12.9. The summed E-state index contributed by atoms with van der Waals surface area (Å²) in [6, 6.07) is 4.00. The number of thiophene rings is 1. The molecule has 0 saturated carbocycles. The quantitative estimate of drug-likeness (QED) is 0.800. The standard InChI is InChI=1S/C19H25N3O2S2/c1-4-6-17-21-13(11-25-17)19(24)22-10-5-7-14(22)15-8-9-16(26-15)18(23)20-12(2)3/h8-9,11-12,14H,4-7,10H2,1-3H3,(H,20,23). The highest BCUT2D eigenvalue weighted by Gasteiger charge is 2.33. The van der Waals surface area contributed by atoms with E-state index in [2.05, 4.69) is 17.2 Å². The van der Waals surface area contributed by atoms with E-state index in [0.717, 1.165) is 42.1 Å². The van der Waals surface area contributed by atoms with Crippen LogP contribution in [0, 0.1) is 0 Å². The lowest BCUT2D eigenvalue weighted by atomic mass is 10.2. The number of hydrogen-bond acceptors (Lipinski definition) is 5. The molecule has 2 amide bonds. The molecule has 140 valence electrons. The highest BCUT2D eigenvalue weighted by Crippen LogP contribution is 2.37. The van der Waals surface area contributed by atoms with Gasteiger partial charge >= 0.3 is 0 Å². The van der Waals surface area contributed by atoms with Crippen LogP contribution in [0.25, 0.3) is 0 Å². The molecule has 2 aromatic rings. The van der Waals surface area contributed by atoms with Gasteiger partial charge in [-0.25, -0.2) is 4.98 Å². The van der Waals surface area contributed by atoms with Gasteiger partial charge < -0.3 is 10.2 Å². The number of aryl methyl sites for hydroxylation is 1. The molecule has 1 unspecified atom stereocenters. The molecule has 26 heavy (non-hydrogen) atoms. The summed E-state index contributed by atoms with van der Waals surface area (Å²) in [6.07, 6.45) is 3.86. The summed E-state index contributed by atoms with van der Waals surface area (Å²) in [5, 5.41) is 5.82. The fraction of sp³-hybridized carbons (Fsp3) is 0.526. The van der Waals surface area contributed by atoms with Crippen LogP contribution in [0.1, 0.15) is 76.1 Å². The van der Waals surface area contributed by atoms with Crippen molar-refractivity contribution in [1.29, 1.82) is 0 Å². The van der Waals surface area contributed by atoms with Crippen molar-refractivity contribution in [1.82, 2.24) is 15.2 Å². The van der Waals surface area contributed by atoms with E-state index in [1.807, 2.05) is 36.3 Å². The van der Waals surface area contributed by atoms with Crippen molar-refractivity contribution < 1.29 is 9.59 Å². The number of nitrogens with one attached hydrogen (secondary N) is 1. The zero-order valence-electron chi connectivity index (χ0n) is 15.4. The number of aromatic nitrogens is 1. The third-order valence-corrected chi connectivity index (χ3v) is 6.44. The molecule has 5 nitrogen and oxygen atoms in total. The molecule has 7 heteroatoms. The van der Waals surface area contributed by atoms with Crippen LogP contribution in [0.2, 0.25) is 0 Å². The fourth-order valence-corrected chi connectivity index (χ4v) is 5.11. The maximum Gasteiger partial charge on any atom is 0.273 e. The van der Waals surface area contributed by atoms with Crippen LogP contribution in [-0.4, -0.2) is 34.3 Å². The van der Waals surface area contributed by atoms with E-state index >= 15 is 0 Å². The van der Waals surface area contributed by atoms with E-state index in [1.54, 1.807) is 11.3 Å². The van der Waals surface area contributed by atoms with Gasteiger partial charge in [-0.05, 0) is 51.7 Å². The third kappa shape index (κ3) is 4.15. The fourth-order valence-electron chi connectivity index (χ4n) is 3.18. The molecular formula is C19H25N3O2S2. The van der Waals surface area contributed by atoms with Gasteiger partial charge in [0, 0.05) is 22.8 Å². The first kappa shape index (κ1) is 19.0. The summed E-state index contributed by atoms with van der Waals surface area (Å²) >= 11 is 3.05. The summed E-state index contributed by atoms with van der Waals surface area (Å²) in [5.74, 6) is -0.0384. The molecule has 0 aromatic carbocycles. The van der Waals surface area contributed by atoms with Gasteiger partial charge in [-0.1, -0.05) is 6.92 Å². The summed E-state index contributed by atoms with van der Waals surface area (Å²) in [7, 11) is 0. The van der Waals surface area contributed by atoms with Gasteiger partial charge in [0.2, 0.25) is 0 Å². The van der Waals surface area contributed by atoms with E-state index in [1.165, 1.54) is 11.3 Å². The highest BCUT2D eigenvalue weighted by atomic mass is 32.1. The van der Waals surface area contributed by atoms with Gasteiger partial charge in [-0.2, -0.15) is 0 Å². The highest BCUT2D eigenvalue weighted by molar-refractivity contribution is 7.14. The molecule has 0 bridgehead atoms. The monoisotopic (exact) mass is 391 g/mol. The molecule has 1 N–H and O–H groups in total. The van der Waals surface area contributed by atoms with Crippen molar-refractivity contribution in [3.8, 4) is 0 Å². The molecule has 0 aliphatic carbocycles. The lowest BCUT2D eigenvalue weighted by molar-refractivity contribution is 0.0732. The zero-order valence-corrected chi connectivity index (χ0v) is 17.1. The van der Waals surface area contributed by atoms with Crippen molar-refractivity contribution >= 4 is 34.5 Å². The van der Waals surface area contributed by atoms with Crippen molar-refractivity contribution in [3.05, 3.63) is 38.0 Å². The van der Waals surface area contributed by atoms with Gasteiger partial charge in [-0.3, -0.25) is 9.59 Å². The van der Waals surface area contributed by atoms with E-state index < -0.39 is 0 Å². The number of rotatable bonds is 6. The van der Waals surface area contributed by atoms with Crippen molar-refractivity contribution in [2.75, 3.05) is 6.54 Å². The Morgan fingerprint density at radius 2 is 2.19 bits per heavy atom. The first-order chi connectivity index (χ1) is 12.5. The molecule has 1 aliphatic rings. The molecule has 3 heterocycles. The molecule has 1 aliphatic heterocycles. The second kappa shape index (κ2) is 8.31. The SMILES string of the molecule is CCCc1nc(C(=O)N2CCCC2c2ccc(C(=O)NC(C)C)s2)cs1. The number of nitrogens with zero attached hydrogens (tertiary/aromatic N) is 2. The Kier molecular flexibility index (Phi) is 6.09. The number of carbonyl (C=O) groups is 2. The number of thiazole rings is 1. The summed E-state index contributed by atoms with van der Waals surface area (Å²) in [6.45, 7) is 6.76. The minimum absolute atomic E-state index is 0.00712. The molecular weight excluding hydrogens is 366 g/mol. The predicted molar refractivity (Wildman–Crippen MR) is 106 cm³/mol. The van der Waals surface area contributed by atoms with Crippen LogP contribution in [0.3, 0.4) is 0 Å². The van der Waals surface area contributed by atoms with Gasteiger partial charge in [0.05, 0.1) is 15.9 Å². The Morgan fingerprint density at radius 1 is 1.38 bits per heavy atom. The van der Waals surface area contributed by atoms with Crippen LogP contribution in [-0.2, 0) is 6.42 Å². The first-order valence-electron chi connectivity index (χ1n) is 9.15. The van der Waals surface area contributed by atoms with E-state index in [-0.39, 0.29) is 23.9 Å². The van der Waals surface area contributed by atoms with Crippen LogP contribution < -0.4 is 5.32 Å². The Hall–Kier alpha value is -1.73. The molecule has 2 aromatic heterocycles. The van der Waals surface area contributed by atoms with Crippen LogP contribution >= 0.6 is 22.7 Å². The molecule has 1 fully saturated rings. The smallest absolute Gasteiger partial charge is 0.273 e. The van der Waals surface area contributed by atoms with E-state index in [4.69, 9.17) is 0 Å². The maximum atomic E-state index is 12.9. The zero-order chi connectivity index (χ0) is 18.7. The second-order valence-electron chi connectivity index (χ2n) is 6.86. The van der Waals surface area contributed by atoms with Crippen molar-refractivity contribution in [2.24, 2.45) is 0 Å². The molecule has 0 spiro atoms. The number of hydrogen-bond donors (Lipinski definition) is 1. The summed E-state index contributed by atoms with van der Waals surface area (Å²) < 4.78 is 0. The van der Waals surface area contributed by atoms with Gasteiger partial charge in [0.1, 0.15) is 5.69 Å². The van der Waals surface area contributed by atoms with Crippen LogP contribution in [0.15, 0.2) is 17.5 Å². The van der Waals surface area contributed by atoms with Crippen LogP contribution in [0.5, 0.6) is 0 Å². The minimum Gasteiger partial charge on any atom is -0.349 e. The number of carbonyl (C=O) groups excluding carboxylic acids is 2. The van der Waals surface area contributed by atoms with E-state index in [9.17, 15) is 9.59 Å². The predicted octanol–water partition coefficient (Wildman–Crippen LogP) is 4.27. The van der Waals surface area contributed by atoms with E-state index in [0.29, 0.717) is 10.6 Å². The molecule has 0 radical (unpaired) electrons. The number of amides is 2.